The van der Waals surface area contributed by atoms with Crippen LogP contribution in [0.25, 0.3) is 0 Å². The van der Waals surface area contributed by atoms with Crippen LogP contribution in [0, 0.1) is 0 Å². The number of hydrogen-bond acceptors (Lipinski definition) is 3. The third-order valence-electron chi connectivity index (χ3n) is 4.03. The molecule has 1 atom stereocenters. The molecule has 1 N–H and O–H groups in total. The summed E-state index contributed by atoms with van der Waals surface area (Å²) in [5, 5.41) is 5.46. The molecule has 2 aromatic rings. The molecule has 0 radical (unpaired) electrons. The van der Waals surface area contributed by atoms with Crippen molar-refractivity contribution in [2.75, 3.05) is 25.5 Å². The van der Waals surface area contributed by atoms with Crippen molar-refractivity contribution in [2.24, 2.45) is 0 Å². The average Bonchev–Trinajstić information content (AvgIpc) is 3.05. The number of likely N-dealkylation sites (N-methyl/N-ethyl adjacent to an activating group) is 1. The first-order valence-electron chi connectivity index (χ1n) is 7.36. The molecule has 1 aromatic heterocycles. The van der Waals surface area contributed by atoms with Crippen LogP contribution in [0.15, 0.2) is 41.8 Å². The van der Waals surface area contributed by atoms with Gasteiger partial charge in [-0.2, -0.15) is 0 Å². The van der Waals surface area contributed by atoms with Crippen LogP contribution in [0.1, 0.15) is 22.8 Å². The van der Waals surface area contributed by atoms with Crippen molar-refractivity contribution in [1.29, 1.82) is 0 Å². The predicted octanol–water partition coefficient (Wildman–Crippen LogP) is 3.35. The lowest BCUT2D eigenvalue weighted by Gasteiger charge is -2.29. The molecular formula is C17H20N2OS. The van der Waals surface area contributed by atoms with E-state index in [1.165, 1.54) is 4.88 Å². The standard InChI is InChI=1S/C17H20N2OS/c1-19(11-9-13-5-4-12-21-13)17(20)15-8-10-18-16-7-3-2-6-14(15)16/h2-7,12,15,18H,8-11H2,1H3. The lowest BCUT2D eigenvalue weighted by Crippen LogP contribution is -2.35. The predicted molar refractivity (Wildman–Crippen MR) is 87.9 cm³/mol. The highest BCUT2D eigenvalue weighted by atomic mass is 32.1. The van der Waals surface area contributed by atoms with Gasteiger partial charge >= 0.3 is 0 Å². The van der Waals surface area contributed by atoms with Crippen molar-refractivity contribution in [1.82, 2.24) is 4.90 Å². The van der Waals surface area contributed by atoms with E-state index in [-0.39, 0.29) is 11.8 Å². The summed E-state index contributed by atoms with van der Waals surface area (Å²) in [7, 11) is 1.92. The molecule has 3 rings (SSSR count). The van der Waals surface area contributed by atoms with E-state index in [4.69, 9.17) is 0 Å². The largest absolute Gasteiger partial charge is 0.385 e. The first-order chi connectivity index (χ1) is 10.3. The first kappa shape index (κ1) is 14.1. The number of amides is 1. The molecule has 1 amide bonds. The van der Waals surface area contributed by atoms with Gasteiger partial charge in [0.25, 0.3) is 0 Å². The maximum atomic E-state index is 12.7. The van der Waals surface area contributed by atoms with Gasteiger partial charge in [-0.3, -0.25) is 4.79 Å². The number of rotatable bonds is 4. The quantitative estimate of drug-likeness (QED) is 0.939. The van der Waals surface area contributed by atoms with Crippen molar-refractivity contribution >= 4 is 22.9 Å². The van der Waals surface area contributed by atoms with Crippen molar-refractivity contribution < 1.29 is 4.79 Å². The molecule has 110 valence electrons. The summed E-state index contributed by atoms with van der Waals surface area (Å²) >= 11 is 1.75. The van der Waals surface area contributed by atoms with Gasteiger partial charge in [0.2, 0.25) is 5.91 Å². The van der Waals surface area contributed by atoms with E-state index in [1.807, 2.05) is 24.1 Å². The van der Waals surface area contributed by atoms with E-state index in [2.05, 4.69) is 35.0 Å². The number of hydrogen-bond donors (Lipinski definition) is 1. The zero-order chi connectivity index (χ0) is 14.7. The fourth-order valence-corrected chi connectivity index (χ4v) is 3.53. The summed E-state index contributed by atoms with van der Waals surface area (Å²) in [6, 6.07) is 12.3. The SMILES string of the molecule is CN(CCc1cccs1)C(=O)C1CCNc2ccccc21. The molecule has 0 bridgehead atoms. The summed E-state index contributed by atoms with van der Waals surface area (Å²) in [6.07, 6.45) is 1.81. The van der Waals surface area contributed by atoms with Crippen LogP contribution in [-0.4, -0.2) is 30.9 Å². The lowest BCUT2D eigenvalue weighted by molar-refractivity contribution is -0.131. The van der Waals surface area contributed by atoms with Crippen LogP contribution in [0.5, 0.6) is 0 Å². The highest BCUT2D eigenvalue weighted by molar-refractivity contribution is 7.09. The first-order valence-corrected chi connectivity index (χ1v) is 8.24. The number of fused-ring (bicyclic) bond motifs is 1. The van der Waals surface area contributed by atoms with E-state index in [0.29, 0.717) is 0 Å². The Kier molecular flexibility index (Phi) is 4.25. The van der Waals surface area contributed by atoms with Crippen molar-refractivity contribution in [3.05, 3.63) is 52.2 Å². The van der Waals surface area contributed by atoms with Crippen LogP contribution in [0.4, 0.5) is 5.69 Å². The number of thiophene rings is 1. The molecule has 1 aromatic carbocycles. The highest BCUT2D eigenvalue weighted by Crippen LogP contribution is 2.32. The third kappa shape index (κ3) is 3.10. The Labute approximate surface area is 129 Å². The van der Waals surface area contributed by atoms with E-state index < -0.39 is 0 Å². The van der Waals surface area contributed by atoms with Crippen molar-refractivity contribution in [3.63, 3.8) is 0 Å². The number of carbonyl (C=O) groups is 1. The van der Waals surface area contributed by atoms with Crippen LogP contribution < -0.4 is 5.32 Å². The Morgan fingerprint density at radius 1 is 1.33 bits per heavy atom. The minimum Gasteiger partial charge on any atom is -0.385 e. The van der Waals surface area contributed by atoms with Gasteiger partial charge in [-0.15, -0.1) is 11.3 Å². The van der Waals surface area contributed by atoms with Gasteiger partial charge in [0.05, 0.1) is 5.92 Å². The summed E-state index contributed by atoms with van der Waals surface area (Å²) in [4.78, 5) is 15.9. The minimum atomic E-state index is -0.00390. The average molecular weight is 300 g/mol. The molecule has 1 aliphatic rings. The minimum absolute atomic E-state index is 0.00390. The third-order valence-corrected chi connectivity index (χ3v) is 4.97. The summed E-state index contributed by atoms with van der Waals surface area (Å²) in [6.45, 7) is 1.65. The topological polar surface area (TPSA) is 32.3 Å². The maximum Gasteiger partial charge on any atom is 0.230 e. The normalized spacial score (nSPS) is 16.9. The molecule has 0 saturated heterocycles. The zero-order valence-electron chi connectivity index (χ0n) is 12.2. The zero-order valence-corrected chi connectivity index (χ0v) is 13.0. The number of nitrogens with zero attached hydrogens (tertiary/aromatic N) is 1. The second-order valence-corrected chi connectivity index (χ2v) is 6.48. The van der Waals surface area contributed by atoms with Crippen LogP contribution >= 0.6 is 11.3 Å². The molecule has 0 aliphatic carbocycles. The highest BCUT2D eigenvalue weighted by Gasteiger charge is 2.28. The van der Waals surface area contributed by atoms with Crippen LogP contribution in [0.2, 0.25) is 0 Å². The molecule has 3 nitrogen and oxygen atoms in total. The smallest absolute Gasteiger partial charge is 0.230 e. The van der Waals surface area contributed by atoms with Gasteiger partial charge in [0, 0.05) is 30.7 Å². The van der Waals surface area contributed by atoms with Gasteiger partial charge in [0.1, 0.15) is 0 Å². The summed E-state index contributed by atoms with van der Waals surface area (Å²) < 4.78 is 0. The lowest BCUT2D eigenvalue weighted by atomic mass is 9.90. The second kappa shape index (κ2) is 6.31. The fourth-order valence-electron chi connectivity index (χ4n) is 2.83. The molecular weight excluding hydrogens is 280 g/mol. The number of para-hydroxylation sites is 1. The molecule has 2 heterocycles. The van der Waals surface area contributed by atoms with Crippen LogP contribution in [-0.2, 0) is 11.2 Å². The van der Waals surface area contributed by atoms with Gasteiger partial charge in [-0.05, 0) is 35.9 Å². The maximum absolute atomic E-state index is 12.7. The Morgan fingerprint density at radius 2 is 2.19 bits per heavy atom. The molecule has 0 spiro atoms. The molecule has 21 heavy (non-hydrogen) atoms. The fraction of sp³-hybridized carbons (Fsp3) is 0.353. The summed E-state index contributed by atoms with van der Waals surface area (Å²) in [5.74, 6) is 0.233. The monoisotopic (exact) mass is 300 g/mol. The second-order valence-electron chi connectivity index (χ2n) is 5.44. The molecule has 1 aliphatic heterocycles. The van der Waals surface area contributed by atoms with Gasteiger partial charge in [-0.25, -0.2) is 0 Å². The van der Waals surface area contributed by atoms with E-state index in [0.717, 1.165) is 37.2 Å². The van der Waals surface area contributed by atoms with Gasteiger partial charge in [0.15, 0.2) is 0 Å². The van der Waals surface area contributed by atoms with Crippen molar-refractivity contribution in [2.45, 2.75) is 18.8 Å². The summed E-state index contributed by atoms with van der Waals surface area (Å²) in [5.41, 5.74) is 2.24. The molecule has 4 heteroatoms. The number of carbonyl (C=O) groups excluding carboxylic acids is 1. The Bertz CT molecular complexity index is 609. The van der Waals surface area contributed by atoms with E-state index >= 15 is 0 Å². The molecule has 1 unspecified atom stereocenters. The van der Waals surface area contributed by atoms with E-state index in [9.17, 15) is 4.79 Å². The van der Waals surface area contributed by atoms with Gasteiger partial charge in [-0.1, -0.05) is 24.3 Å². The van der Waals surface area contributed by atoms with Crippen LogP contribution in [0.3, 0.4) is 0 Å². The Morgan fingerprint density at radius 3 is 3.00 bits per heavy atom. The van der Waals surface area contributed by atoms with E-state index in [1.54, 1.807) is 11.3 Å². The number of nitrogens with one attached hydrogen (secondary N) is 1. The Balaban J connectivity index is 1.67. The van der Waals surface area contributed by atoms with Crippen molar-refractivity contribution in [3.8, 4) is 0 Å². The number of benzene rings is 1. The number of anilines is 1. The molecule has 0 saturated carbocycles. The van der Waals surface area contributed by atoms with Gasteiger partial charge < -0.3 is 10.2 Å². The Hall–Kier alpha value is -1.81. The molecule has 0 fully saturated rings.